The summed E-state index contributed by atoms with van der Waals surface area (Å²) in [5.74, 6) is 0.239. The van der Waals surface area contributed by atoms with Gasteiger partial charge in [-0.15, -0.1) is 0 Å². The maximum absolute atomic E-state index is 12.7. The minimum atomic E-state index is -0.470. The van der Waals surface area contributed by atoms with Gasteiger partial charge in [0, 0.05) is 5.69 Å². The molecule has 7 heteroatoms. The van der Waals surface area contributed by atoms with Gasteiger partial charge in [-0.1, -0.05) is 38.1 Å². The van der Waals surface area contributed by atoms with Crippen LogP contribution in [0.15, 0.2) is 53.4 Å². The van der Waals surface area contributed by atoms with E-state index >= 15 is 0 Å². The highest BCUT2D eigenvalue weighted by atomic mass is 32.2. The summed E-state index contributed by atoms with van der Waals surface area (Å²) < 4.78 is 5.61. The monoisotopic (exact) mass is 438 g/mol. The van der Waals surface area contributed by atoms with Crippen molar-refractivity contribution < 1.29 is 19.1 Å². The number of anilines is 1. The quantitative estimate of drug-likeness (QED) is 0.596. The Kier molecular flexibility index (Phi) is 7.17. The van der Waals surface area contributed by atoms with E-state index in [0.717, 1.165) is 33.5 Å². The molecule has 0 bridgehead atoms. The summed E-state index contributed by atoms with van der Waals surface area (Å²) >= 11 is 0.832. The van der Waals surface area contributed by atoms with Crippen LogP contribution in [-0.4, -0.2) is 34.6 Å². The van der Waals surface area contributed by atoms with Crippen LogP contribution in [0, 0.1) is 0 Å². The normalized spacial score (nSPS) is 15.3. The van der Waals surface area contributed by atoms with Crippen molar-refractivity contribution in [3.63, 3.8) is 0 Å². The maximum Gasteiger partial charge on any atom is 0.294 e. The summed E-state index contributed by atoms with van der Waals surface area (Å²) in [5, 5.41) is 2.28. The van der Waals surface area contributed by atoms with Crippen LogP contribution in [0.3, 0.4) is 0 Å². The summed E-state index contributed by atoms with van der Waals surface area (Å²) in [5.41, 5.74) is 2.56. The second kappa shape index (κ2) is 9.83. The van der Waals surface area contributed by atoms with Gasteiger partial charge in [-0.2, -0.15) is 0 Å². The lowest BCUT2D eigenvalue weighted by molar-refractivity contribution is -0.127. The minimum absolute atomic E-state index is 0.0710. The van der Waals surface area contributed by atoms with Crippen molar-refractivity contribution >= 4 is 40.6 Å². The van der Waals surface area contributed by atoms with E-state index in [1.165, 1.54) is 0 Å². The van der Waals surface area contributed by atoms with E-state index < -0.39 is 17.1 Å². The second-order valence-corrected chi connectivity index (χ2v) is 8.82. The number of nitrogens with zero attached hydrogens (tertiary/aromatic N) is 1. The fourth-order valence-electron chi connectivity index (χ4n) is 3.00. The standard InChI is InChI=1S/C24H26N2O4S/c1-15(2)18-7-9-19(10-8-18)25-22(27)14-26-23(28)21(31-24(26)29)13-17-5-11-20(12-6-17)30-16(3)4/h5-13,15-16H,14H2,1-4H3,(H,25,27)/b21-13-. The first-order valence-corrected chi connectivity index (χ1v) is 11.0. The van der Waals surface area contributed by atoms with Crippen LogP contribution in [0.25, 0.3) is 6.08 Å². The van der Waals surface area contributed by atoms with Gasteiger partial charge in [-0.05, 0) is 73.0 Å². The topological polar surface area (TPSA) is 75.7 Å². The number of hydrogen-bond donors (Lipinski definition) is 1. The van der Waals surface area contributed by atoms with Crippen LogP contribution in [0.2, 0.25) is 0 Å². The Morgan fingerprint density at radius 2 is 1.68 bits per heavy atom. The molecule has 3 amide bonds. The molecule has 0 radical (unpaired) electrons. The Bertz CT molecular complexity index is 995. The van der Waals surface area contributed by atoms with E-state index in [4.69, 9.17) is 4.74 Å². The van der Waals surface area contributed by atoms with Gasteiger partial charge in [0.1, 0.15) is 12.3 Å². The Morgan fingerprint density at radius 3 is 2.26 bits per heavy atom. The lowest BCUT2D eigenvalue weighted by Gasteiger charge is -2.13. The number of imide groups is 1. The molecule has 2 aromatic carbocycles. The van der Waals surface area contributed by atoms with E-state index in [9.17, 15) is 14.4 Å². The third-order valence-electron chi connectivity index (χ3n) is 4.59. The zero-order chi connectivity index (χ0) is 22.5. The summed E-state index contributed by atoms with van der Waals surface area (Å²) in [6.45, 7) is 7.75. The third kappa shape index (κ3) is 5.98. The predicted molar refractivity (Wildman–Crippen MR) is 124 cm³/mol. The summed E-state index contributed by atoms with van der Waals surface area (Å²) in [7, 11) is 0. The molecular weight excluding hydrogens is 412 g/mol. The average Bonchev–Trinajstić information content (AvgIpc) is 2.97. The third-order valence-corrected chi connectivity index (χ3v) is 5.49. The number of hydrogen-bond acceptors (Lipinski definition) is 5. The van der Waals surface area contributed by atoms with Crippen LogP contribution in [0.4, 0.5) is 10.5 Å². The number of amides is 3. The van der Waals surface area contributed by atoms with Gasteiger partial charge in [-0.25, -0.2) is 0 Å². The lowest BCUT2D eigenvalue weighted by Crippen LogP contribution is -2.36. The maximum atomic E-state index is 12.7. The second-order valence-electron chi connectivity index (χ2n) is 7.83. The molecule has 31 heavy (non-hydrogen) atoms. The molecule has 2 aromatic rings. The Morgan fingerprint density at radius 1 is 1.03 bits per heavy atom. The first-order valence-electron chi connectivity index (χ1n) is 10.1. The summed E-state index contributed by atoms with van der Waals surface area (Å²) in [6.07, 6.45) is 1.72. The molecule has 1 saturated heterocycles. The van der Waals surface area contributed by atoms with Crippen molar-refractivity contribution in [1.29, 1.82) is 0 Å². The van der Waals surface area contributed by atoms with E-state index in [1.807, 2.05) is 62.4 Å². The largest absolute Gasteiger partial charge is 0.491 e. The first kappa shape index (κ1) is 22.6. The molecule has 0 aromatic heterocycles. The molecule has 1 aliphatic heterocycles. The fraction of sp³-hybridized carbons (Fsp3) is 0.292. The van der Waals surface area contributed by atoms with Crippen molar-refractivity contribution in [3.05, 3.63) is 64.6 Å². The van der Waals surface area contributed by atoms with Crippen LogP contribution >= 0.6 is 11.8 Å². The van der Waals surface area contributed by atoms with Crippen LogP contribution in [0.5, 0.6) is 5.75 Å². The number of ether oxygens (including phenoxy) is 1. The van der Waals surface area contributed by atoms with Crippen molar-refractivity contribution in [3.8, 4) is 5.75 Å². The molecule has 162 valence electrons. The Labute approximate surface area is 186 Å². The summed E-state index contributed by atoms with van der Waals surface area (Å²) in [4.78, 5) is 38.6. The number of carbonyl (C=O) groups excluding carboxylic acids is 3. The zero-order valence-corrected chi connectivity index (χ0v) is 18.9. The van der Waals surface area contributed by atoms with Gasteiger partial charge in [0.2, 0.25) is 5.91 Å². The predicted octanol–water partition coefficient (Wildman–Crippen LogP) is 5.27. The minimum Gasteiger partial charge on any atom is -0.491 e. The molecular formula is C24H26N2O4S. The van der Waals surface area contributed by atoms with Crippen LogP contribution in [-0.2, 0) is 9.59 Å². The lowest BCUT2D eigenvalue weighted by atomic mass is 10.0. The molecule has 0 spiro atoms. The van der Waals surface area contributed by atoms with Crippen molar-refractivity contribution in [2.24, 2.45) is 0 Å². The Hall–Kier alpha value is -3.06. The molecule has 6 nitrogen and oxygen atoms in total. The van der Waals surface area contributed by atoms with E-state index in [0.29, 0.717) is 11.6 Å². The summed E-state index contributed by atoms with van der Waals surface area (Å²) in [6, 6.07) is 14.8. The van der Waals surface area contributed by atoms with E-state index in [2.05, 4.69) is 19.2 Å². The van der Waals surface area contributed by atoms with Gasteiger partial charge in [-0.3, -0.25) is 19.3 Å². The highest BCUT2D eigenvalue weighted by molar-refractivity contribution is 8.18. The van der Waals surface area contributed by atoms with E-state index in [1.54, 1.807) is 6.08 Å². The fourth-order valence-corrected chi connectivity index (χ4v) is 3.84. The molecule has 1 N–H and O–H groups in total. The van der Waals surface area contributed by atoms with Crippen LogP contribution in [0.1, 0.15) is 44.7 Å². The Balaban J connectivity index is 1.63. The number of benzene rings is 2. The number of carbonyl (C=O) groups is 3. The van der Waals surface area contributed by atoms with Crippen molar-refractivity contribution in [1.82, 2.24) is 4.90 Å². The number of thioether (sulfide) groups is 1. The van der Waals surface area contributed by atoms with E-state index in [-0.39, 0.29) is 17.6 Å². The van der Waals surface area contributed by atoms with Gasteiger partial charge in [0.25, 0.3) is 11.1 Å². The highest BCUT2D eigenvalue weighted by Crippen LogP contribution is 2.32. The highest BCUT2D eigenvalue weighted by Gasteiger charge is 2.36. The van der Waals surface area contributed by atoms with Gasteiger partial charge < -0.3 is 10.1 Å². The number of nitrogens with one attached hydrogen (secondary N) is 1. The average molecular weight is 439 g/mol. The van der Waals surface area contributed by atoms with Crippen molar-refractivity contribution in [2.75, 3.05) is 11.9 Å². The first-order chi connectivity index (χ1) is 14.7. The molecule has 1 fully saturated rings. The molecule has 0 atom stereocenters. The molecule has 0 saturated carbocycles. The zero-order valence-electron chi connectivity index (χ0n) is 18.0. The smallest absolute Gasteiger partial charge is 0.294 e. The molecule has 0 unspecified atom stereocenters. The van der Waals surface area contributed by atoms with Gasteiger partial charge in [0.15, 0.2) is 0 Å². The molecule has 3 rings (SSSR count). The SMILES string of the molecule is CC(C)Oc1ccc(/C=C2\SC(=O)N(CC(=O)Nc3ccc(C(C)C)cc3)C2=O)cc1. The number of rotatable bonds is 7. The molecule has 0 aliphatic carbocycles. The van der Waals surface area contributed by atoms with Crippen molar-refractivity contribution in [2.45, 2.75) is 39.7 Å². The van der Waals surface area contributed by atoms with Gasteiger partial charge >= 0.3 is 0 Å². The van der Waals surface area contributed by atoms with Gasteiger partial charge in [0.05, 0.1) is 11.0 Å². The van der Waals surface area contributed by atoms with Crippen LogP contribution < -0.4 is 10.1 Å². The molecule has 1 aliphatic rings. The molecule has 1 heterocycles.